The van der Waals surface area contributed by atoms with Gasteiger partial charge in [-0.15, -0.1) is 0 Å². The molecule has 0 amide bonds. The maximum absolute atomic E-state index is 14.5. The van der Waals surface area contributed by atoms with Gasteiger partial charge in [-0.3, -0.25) is 0 Å². The summed E-state index contributed by atoms with van der Waals surface area (Å²) in [5.41, 5.74) is 3.09. The van der Waals surface area contributed by atoms with Crippen molar-refractivity contribution in [2.24, 2.45) is 0 Å². The molecular weight excluding hydrogens is 391 g/mol. The van der Waals surface area contributed by atoms with Crippen molar-refractivity contribution in [3.8, 4) is 5.75 Å². The molecule has 0 bridgehead atoms. The maximum atomic E-state index is 14.5. The van der Waals surface area contributed by atoms with Gasteiger partial charge in [-0.2, -0.15) is 0 Å². The molecule has 1 N–H and O–H groups in total. The van der Waals surface area contributed by atoms with Crippen LogP contribution >= 0.6 is 0 Å². The predicted molar refractivity (Wildman–Crippen MR) is 125 cm³/mol. The first-order valence-corrected chi connectivity index (χ1v) is 10.9. The number of aromatic nitrogens is 1. The molecule has 1 fully saturated rings. The average molecular weight is 425 g/mol. The summed E-state index contributed by atoms with van der Waals surface area (Å²) in [5, 5.41) is 9.56. The summed E-state index contributed by atoms with van der Waals surface area (Å²) < 4.78 is 20.6. The monoisotopic (exact) mass is 424 g/mol. The van der Waals surface area contributed by atoms with Crippen LogP contribution in [0.4, 0.5) is 10.2 Å². The fourth-order valence-electron chi connectivity index (χ4n) is 3.94. The number of rotatable bonds is 8. The Bertz CT molecular complexity index is 970. The number of hydrogen-bond donors (Lipinski definition) is 1. The van der Waals surface area contributed by atoms with Gasteiger partial charge in [0.1, 0.15) is 23.8 Å². The van der Waals surface area contributed by atoms with E-state index < -0.39 is 5.67 Å². The van der Waals surface area contributed by atoms with Gasteiger partial charge in [0, 0.05) is 25.1 Å². The Balaban J connectivity index is 1.80. The Morgan fingerprint density at radius 2 is 1.97 bits per heavy atom. The molecule has 0 atom stereocenters. The lowest BCUT2D eigenvalue weighted by atomic mass is 9.97. The molecule has 1 aromatic heterocycles. The number of halogens is 1. The van der Waals surface area contributed by atoms with Crippen LogP contribution in [0.2, 0.25) is 0 Å². The first kappa shape index (κ1) is 22.9. The molecule has 31 heavy (non-hydrogen) atoms. The van der Waals surface area contributed by atoms with Crippen molar-refractivity contribution in [3.63, 3.8) is 0 Å². The second-order valence-corrected chi connectivity index (χ2v) is 8.67. The zero-order valence-electron chi connectivity index (χ0n) is 19.0. The first-order chi connectivity index (χ1) is 14.7. The van der Waals surface area contributed by atoms with Crippen molar-refractivity contribution in [2.45, 2.75) is 59.2 Å². The fraction of sp³-hybridized carbons (Fsp3) is 0.423. The van der Waals surface area contributed by atoms with E-state index in [0.29, 0.717) is 18.7 Å². The van der Waals surface area contributed by atoms with Crippen LogP contribution in [0, 0.1) is 6.92 Å². The minimum absolute atomic E-state index is 0.148. The summed E-state index contributed by atoms with van der Waals surface area (Å²) in [6.07, 6.45) is 4.67. The van der Waals surface area contributed by atoms with Gasteiger partial charge in [-0.1, -0.05) is 18.7 Å². The summed E-state index contributed by atoms with van der Waals surface area (Å²) in [4.78, 5) is 6.89. The number of allylic oxidation sites excluding steroid dienone is 2. The van der Waals surface area contributed by atoms with Gasteiger partial charge in [0.2, 0.25) is 0 Å². The zero-order valence-corrected chi connectivity index (χ0v) is 19.0. The second-order valence-electron chi connectivity index (χ2n) is 8.67. The average Bonchev–Trinajstić information content (AvgIpc) is 3.24. The van der Waals surface area contributed by atoms with Gasteiger partial charge >= 0.3 is 0 Å². The lowest BCUT2D eigenvalue weighted by Crippen LogP contribution is -2.23. The molecular formula is C26H33FN2O2. The topological polar surface area (TPSA) is 45.6 Å². The molecule has 0 unspecified atom stereocenters. The molecule has 0 saturated carbocycles. The summed E-state index contributed by atoms with van der Waals surface area (Å²) in [6, 6.07) is 9.64. The standard InChI is InChI=1S/C26H33FN2O2/c1-6-20(16-19(3)30)23-11-10-22(15-18(23)2)31-17-21-9-12-24(26(4,5)27)28-25(21)29-13-7-8-14-29/h6,9-12,15,30H,3,7-8,13-14,16-17H2,1-2,4-5H3/b20-6-. The molecule has 0 radical (unpaired) electrons. The molecule has 1 aliphatic heterocycles. The summed E-state index contributed by atoms with van der Waals surface area (Å²) in [5.74, 6) is 1.74. The summed E-state index contributed by atoms with van der Waals surface area (Å²) in [7, 11) is 0. The Morgan fingerprint density at radius 3 is 2.55 bits per heavy atom. The van der Waals surface area contributed by atoms with Gasteiger partial charge < -0.3 is 14.7 Å². The van der Waals surface area contributed by atoms with Crippen molar-refractivity contribution >= 4 is 11.4 Å². The Hall–Kier alpha value is -2.82. The first-order valence-electron chi connectivity index (χ1n) is 10.9. The number of anilines is 1. The lowest BCUT2D eigenvalue weighted by Gasteiger charge is -2.23. The van der Waals surface area contributed by atoms with E-state index in [-0.39, 0.29) is 5.76 Å². The number of aliphatic hydroxyl groups excluding tert-OH is 1. The second kappa shape index (κ2) is 9.54. The largest absolute Gasteiger partial charge is 0.513 e. The van der Waals surface area contributed by atoms with Crippen molar-refractivity contribution < 1.29 is 14.2 Å². The van der Waals surface area contributed by atoms with Gasteiger partial charge in [-0.25, -0.2) is 9.37 Å². The van der Waals surface area contributed by atoms with E-state index >= 15 is 0 Å². The molecule has 2 aromatic rings. The van der Waals surface area contributed by atoms with Crippen LogP contribution < -0.4 is 9.64 Å². The minimum atomic E-state index is -1.48. The molecule has 1 aliphatic rings. The summed E-state index contributed by atoms with van der Waals surface area (Å²) in [6.45, 7) is 12.9. The molecule has 4 nitrogen and oxygen atoms in total. The van der Waals surface area contributed by atoms with Crippen molar-refractivity contribution in [2.75, 3.05) is 18.0 Å². The van der Waals surface area contributed by atoms with E-state index in [2.05, 4.69) is 16.5 Å². The third-order valence-electron chi connectivity index (χ3n) is 5.65. The van der Waals surface area contributed by atoms with Gasteiger partial charge in [-0.05, 0) is 81.5 Å². The van der Waals surface area contributed by atoms with Gasteiger partial charge in [0.05, 0.1) is 11.5 Å². The Labute approximate surface area is 185 Å². The van der Waals surface area contributed by atoms with Crippen LogP contribution in [0.15, 0.2) is 48.7 Å². The minimum Gasteiger partial charge on any atom is -0.513 e. The molecule has 5 heteroatoms. The zero-order chi connectivity index (χ0) is 22.6. The highest BCUT2D eigenvalue weighted by Crippen LogP contribution is 2.31. The van der Waals surface area contributed by atoms with Crippen LogP contribution in [0.5, 0.6) is 5.75 Å². The van der Waals surface area contributed by atoms with E-state index in [1.54, 1.807) is 6.07 Å². The van der Waals surface area contributed by atoms with Crippen molar-refractivity contribution in [3.05, 3.63) is 71.1 Å². The van der Waals surface area contributed by atoms with Crippen LogP contribution in [0.25, 0.3) is 5.57 Å². The number of nitrogens with zero attached hydrogens (tertiary/aromatic N) is 2. The molecule has 0 aliphatic carbocycles. The highest BCUT2D eigenvalue weighted by atomic mass is 19.1. The molecule has 2 heterocycles. The quantitative estimate of drug-likeness (QED) is 0.483. The van der Waals surface area contributed by atoms with Crippen molar-refractivity contribution in [1.29, 1.82) is 0 Å². The van der Waals surface area contributed by atoms with Crippen LogP contribution in [0.1, 0.15) is 62.4 Å². The molecule has 166 valence electrons. The van der Waals surface area contributed by atoms with E-state index in [9.17, 15) is 9.50 Å². The Morgan fingerprint density at radius 1 is 1.26 bits per heavy atom. The number of alkyl halides is 1. The number of aliphatic hydroxyl groups is 1. The third kappa shape index (κ3) is 5.66. The normalized spacial score (nSPS) is 14.7. The number of pyridine rings is 1. The molecule has 1 saturated heterocycles. The van der Waals surface area contributed by atoms with Crippen molar-refractivity contribution in [1.82, 2.24) is 4.98 Å². The predicted octanol–water partition coefficient (Wildman–Crippen LogP) is 6.64. The molecule has 3 rings (SSSR count). The maximum Gasteiger partial charge on any atom is 0.147 e. The molecule has 1 aromatic carbocycles. The number of benzene rings is 1. The summed E-state index contributed by atoms with van der Waals surface area (Å²) >= 11 is 0. The van der Waals surface area contributed by atoms with Crippen LogP contribution in [-0.4, -0.2) is 23.2 Å². The van der Waals surface area contributed by atoms with Crippen LogP contribution in [-0.2, 0) is 12.3 Å². The highest BCUT2D eigenvalue weighted by molar-refractivity contribution is 5.70. The Kier molecular flexibility index (Phi) is 7.04. The van der Waals surface area contributed by atoms with E-state index in [4.69, 9.17) is 4.74 Å². The van der Waals surface area contributed by atoms with E-state index in [1.807, 2.05) is 44.2 Å². The SMILES string of the molecule is C=C(O)C/C(=C/C)c1ccc(OCc2ccc(C(C)(C)F)nc2N2CCCC2)cc1C. The third-order valence-corrected chi connectivity index (χ3v) is 5.65. The highest BCUT2D eigenvalue weighted by Gasteiger charge is 2.25. The van der Waals surface area contributed by atoms with Gasteiger partial charge in [0.15, 0.2) is 0 Å². The van der Waals surface area contributed by atoms with Gasteiger partial charge in [0.25, 0.3) is 0 Å². The number of aryl methyl sites for hydroxylation is 1. The van der Waals surface area contributed by atoms with Crippen LogP contribution in [0.3, 0.4) is 0 Å². The molecule has 0 spiro atoms. The van der Waals surface area contributed by atoms with E-state index in [0.717, 1.165) is 59.8 Å². The number of hydrogen-bond acceptors (Lipinski definition) is 4. The van der Waals surface area contributed by atoms with E-state index in [1.165, 1.54) is 13.8 Å². The lowest BCUT2D eigenvalue weighted by molar-refractivity contribution is 0.214. The fourth-order valence-corrected chi connectivity index (χ4v) is 3.94. The number of ether oxygens (including phenoxy) is 1. The smallest absolute Gasteiger partial charge is 0.147 e.